The number of rotatable bonds is 9. The first-order valence-corrected chi connectivity index (χ1v) is 8.24. The molecule has 0 unspecified atom stereocenters. The van der Waals surface area contributed by atoms with E-state index in [0.29, 0.717) is 11.4 Å². The van der Waals surface area contributed by atoms with Crippen LogP contribution in [0.3, 0.4) is 0 Å². The summed E-state index contributed by atoms with van der Waals surface area (Å²) >= 11 is 5.51. The molecule has 0 spiro atoms. The molecular formula is C16H22ClN3O4. The van der Waals surface area contributed by atoms with E-state index >= 15 is 0 Å². The summed E-state index contributed by atoms with van der Waals surface area (Å²) in [5.74, 6) is -0.661. The Morgan fingerprint density at radius 2 is 2.00 bits per heavy atom. The van der Waals surface area contributed by atoms with Crippen molar-refractivity contribution in [2.24, 2.45) is 11.2 Å². The van der Waals surface area contributed by atoms with Gasteiger partial charge in [-0.1, -0.05) is 50.6 Å². The highest BCUT2D eigenvalue weighted by atomic mass is 35.5. The van der Waals surface area contributed by atoms with E-state index in [1.165, 1.54) is 0 Å². The van der Waals surface area contributed by atoms with Crippen molar-refractivity contribution in [1.82, 2.24) is 10.3 Å². The number of alkyl halides is 1. The van der Waals surface area contributed by atoms with Gasteiger partial charge in [0.15, 0.2) is 0 Å². The van der Waals surface area contributed by atoms with Crippen molar-refractivity contribution >= 4 is 23.6 Å². The van der Waals surface area contributed by atoms with E-state index in [1.807, 2.05) is 44.2 Å². The molecule has 0 bridgehead atoms. The number of nitroso groups, excluding NO2 is 1. The van der Waals surface area contributed by atoms with Crippen LogP contribution in [0.25, 0.3) is 0 Å². The standard InChI is InChI=1S/C16H22ClN3O4/c1-3-12(2)14(18-16(22)20(19-23)10-9-17)15(21)24-11-13-7-5-4-6-8-13/h4-8,12,14H,3,9-11H2,1-2H3,(H,18,22)/t12-,14-/m0/s1. The first-order chi connectivity index (χ1) is 11.5. The summed E-state index contributed by atoms with van der Waals surface area (Å²) in [6.45, 7) is 3.78. The predicted molar refractivity (Wildman–Crippen MR) is 91.2 cm³/mol. The maximum atomic E-state index is 12.3. The van der Waals surface area contributed by atoms with Gasteiger partial charge in [0.2, 0.25) is 0 Å². The van der Waals surface area contributed by atoms with Gasteiger partial charge < -0.3 is 10.1 Å². The summed E-state index contributed by atoms with van der Waals surface area (Å²) in [6, 6.07) is 7.59. The number of hydrogen-bond donors (Lipinski definition) is 1. The lowest BCUT2D eigenvalue weighted by atomic mass is 9.99. The van der Waals surface area contributed by atoms with E-state index in [-0.39, 0.29) is 24.9 Å². The molecule has 0 aromatic heterocycles. The Labute approximate surface area is 146 Å². The van der Waals surface area contributed by atoms with Crippen molar-refractivity contribution in [3.63, 3.8) is 0 Å². The van der Waals surface area contributed by atoms with Crippen LogP contribution in [0.15, 0.2) is 35.6 Å². The Morgan fingerprint density at radius 1 is 1.33 bits per heavy atom. The van der Waals surface area contributed by atoms with Gasteiger partial charge in [0.1, 0.15) is 12.6 Å². The fourth-order valence-electron chi connectivity index (χ4n) is 1.95. The van der Waals surface area contributed by atoms with Crippen LogP contribution in [-0.4, -0.2) is 35.5 Å². The molecule has 1 N–H and O–H groups in total. The molecule has 24 heavy (non-hydrogen) atoms. The second-order valence-corrected chi connectivity index (χ2v) is 5.68. The van der Waals surface area contributed by atoms with Gasteiger partial charge in [-0.05, 0) is 11.5 Å². The van der Waals surface area contributed by atoms with Gasteiger partial charge in [0.05, 0.1) is 11.8 Å². The van der Waals surface area contributed by atoms with Crippen molar-refractivity contribution < 1.29 is 14.3 Å². The Bertz CT molecular complexity index is 541. The molecule has 1 aromatic carbocycles. The van der Waals surface area contributed by atoms with E-state index in [0.717, 1.165) is 5.56 Å². The maximum Gasteiger partial charge on any atom is 0.341 e. The van der Waals surface area contributed by atoms with Gasteiger partial charge in [0.25, 0.3) is 0 Å². The summed E-state index contributed by atoms with van der Waals surface area (Å²) in [4.78, 5) is 35.0. The van der Waals surface area contributed by atoms with Gasteiger partial charge in [0, 0.05) is 5.88 Å². The first kappa shape index (κ1) is 19.9. The molecule has 0 fully saturated rings. The van der Waals surface area contributed by atoms with E-state index in [1.54, 1.807) is 0 Å². The molecule has 0 aliphatic carbocycles. The predicted octanol–water partition coefficient (Wildman–Crippen LogP) is 3.08. The molecule has 0 aliphatic heterocycles. The minimum Gasteiger partial charge on any atom is -0.459 e. The number of ether oxygens (including phenoxy) is 1. The number of nitrogens with zero attached hydrogens (tertiary/aromatic N) is 2. The topological polar surface area (TPSA) is 88.1 Å². The average Bonchev–Trinajstić information content (AvgIpc) is 2.62. The smallest absolute Gasteiger partial charge is 0.341 e. The first-order valence-electron chi connectivity index (χ1n) is 7.71. The second kappa shape index (κ2) is 10.6. The number of amides is 2. The molecule has 7 nitrogen and oxygen atoms in total. The highest BCUT2D eigenvalue weighted by Gasteiger charge is 2.29. The molecule has 1 rings (SSSR count). The van der Waals surface area contributed by atoms with Crippen molar-refractivity contribution in [3.8, 4) is 0 Å². The van der Waals surface area contributed by atoms with Crippen LogP contribution in [0.5, 0.6) is 0 Å². The van der Waals surface area contributed by atoms with Crippen molar-refractivity contribution in [3.05, 3.63) is 40.8 Å². The van der Waals surface area contributed by atoms with Gasteiger partial charge >= 0.3 is 12.0 Å². The largest absolute Gasteiger partial charge is 0.459 e. The Balaban J connectivity index is 2.71. The molecule has 0 saturated heterocycles. The van der Waals surface area contributed by atoms with E-state index < -0.39 is 18.0 Å². The van der Waals surface area contributed by atoms with E-state index in [9.17, 15) is 14.5 Å². The zero-order valence-electron chi connectivity index (χ0n) is 13.8. The molecule has 0 radical (unpaired) electrons. The number of nitrogens with one attached hydrogen (secondary N) is 1. The number of urea groups is 1. The van der Waals surface area contributed by atoms with Crippen LogP contribution in [0.1, 0.15) is 25.8 Å². The molecule has 0 aliphatic rings. The Hall–Kier alpha value is -2.15. The van der Waals surface area contributed by atoms with Gasteiger partial charge in [-0.15, -0.1) is 16.5 Å². The third-order valence-electron chi connectivity index (χ3n) is 3.60. The monoisotopic (exact) mass is 355 g/mol. The van der Waals surface area contributed by atoms with Crippen molar-refractivity contribution in [2.75, 3.05) is 12.4 Å². The number of esters is 1. The highest BCUT2D eigenvalue weighted by Crippen LogP contribution is 2.12. The number of carbonyl (C=O) groups excluding carboxylic acids is 2. The summed E-state index contributed by atoms with van der Waals surface area (Å²) in [5, 5.41) is 5.75. The molecule has 0 saturated carbocycles. The minimum absolute atomic E-state index is 0.0385. The zero-order chi connectivity index (χ0) is 17.9. The van der Waals surface area contributed by atoms with Gasteiger partial charge in [-0.2, -0.15) is 5.01 Å². The van der Waals surface area contributed by atoms with Crippen LogP contribution in [0.2, 0.25) is 0 Å². The number of hydrogen-bond acceptors (Lipinski definition) is 5. The number of benzene rings is 1. The molecule has 1 aromatic rings. The molecule has 8 heteroatoms. The summed E-state index contributed by atoms with van der Waals surface area (Å²) in [5.41, 5.74) is 0.846. The van der Waals surface area contributed by atoms with Crippen molar-refractivity contribution in [2.45, 2.75) is 32.9 Å². The fraction of sp³-hybridized carbons (Fsp3) is 0.500. The summed E-state index contributed by atoms with van der Waals surface area (Å²) in [6.07, 6.45) is 0.648. The minimum atomic E-state index is -0.870. The van der Waals surface area contributed by atoms with Crippen LogP contribution >= 0.6 is 11.6 Å². The third-order valence-corrected chi connectivity index (χ3v) is 3.77. The molecule has 2 amide bonds. The number of carbonyl (C=O) groups is 2. The zero-order valence-corrected chi connectivity index (χ0v) is 14.5. The average molecular weight is 356 g/mol. The van der Waals surface area contributed by atoms with E-state index in [2.05, 4.69) is 10.6 Å². The Morgan fingerprint density at radius 3 is 2.54 bits per heavy atom. The summed E-state index contributed by atoms with van der Waals surface area (Å²) in [7, 11) is 0. The fourth-order valence-corrected chi connectivity index (χ4v) is 2.11. The van der Waals surface area contributed by atoms with Crippen molar-refractivity contribution in [1.29, 1.82) is 0 Å². The molecule has 2 atom stereocenters. The maximum absolute atomic E-state index is 12.3. The molecule has 0 heterocycles. The summed E-state index contributed by atoms with van der Waals surface area (Å²) < 4.78 is 5.28. The highest BCUT2D eigenvalue weighted by molar-refractivity contribution is 6.18. The van der Waals surface area contributed by atoms with Gasteiger partial charge in [-0.3, -0.25) is 0 Å². The van der Waals surface area contributed by atoms with Crippen LogP contribution in [0.4, 0.5) is 4.79 Å². The van der Waals surface area contributed by atoms with Crippen LogP contribution < -0.4 is 5.32 Å². The third kappa shape index (κ3) is 6.16. The van der Waals surface area contributed by atoms with Gasteiger partial charge in [-0.25, -0.2) is 9.59 Å². The van der Waals surface area contributed by atoms with E-state index in [4.69, 9.17) is 16.3 Å². The SMILES string of the molecule is CC[C@H](C)[C@H](NC(=O)N(CCCl)N=O)C(=O)OCc1ccccc1. The Kier molecular flexibility index (Phi) is 8.78. The second-order valence-electron chi connectivity index (χ2n) is 5.30. The lowest BCUT2D eigenvalue weighted by Crippen LogP contribution is -2.50. The van der Waals surface area contributed by atoms with Crippen LogP contribution in [-0.2, 0) is 16.1 Å². The quantitative estimate of drug-likeness (QED) is 0.319. The normalized spacial score (nSPS) is 12.8. The molecule has 132 valence electrons. The molecular weight excluding hydrogens is 334 g/mol. The number of halogens is 1. The lowest BCUT2D eigenvalue weighted by molar-refractivity contribution is -0.148. The lowest BCUT2D eigenvalue weighted by Gasteiger charge is -2.24. The van der Waals surface area contributed by atoms with Crippen LogP contribution in [0, 0.1) is 10.8 Å².